The maximum atomic E-state index is 11.8. The van der Waals surface area contributed by atoms with E-state index in [0.717, 1.165) is 12.8 Å². The van der Waals surface area contributed by atoms with E-state index >= 15 is 0 Å². The summed E-state index contributed by atoms with van der Waals surface area (Å²) in [6, 6.07) is 1.56. The van der Waals surface area contributed by atoms with Gasteiger partial charge in [-0.1, -0.05) is 6.92 Å². The van der Waals surface area contributed by atoms with Crippen LogP contribution in [0.1, 0.15) is 37.2 Å². The minimum absolute atomic E-state index is 0.0297. The summed E-state index contributed by atoms with van der Waals surface area (Å²) in [4.78, 5) is 13.8. The average Bonchev–Trinajstić information content (AvgIpc) is 3.27. The third-order valence-corrected chi connectivity index (χ3v) is 3.72. The second-order valence-corrected chi connectivity index (χ2v) is 5.15. The molecule has 1 fully saturated rings. The van der Waals surface area contributed by atoms with Gasteiger partial charge < -0.3 is 19.9 Å². The van der Waals surface area contributed by atoms with Crippen molar-refractivity contribution in [1.82, 2.24) is 9.47 Å². The summed E-state index contributed by atoms with van der Waals surface area (Å²) in [6.07, 6.45) is 1.99. The molecular formula is C14H22N2O4. The molecule has 0 spiro atoms. The summed E-state index contributed by atoms with van der Waals surface area (Å²) in [6.45, 7) is 3.36. The first kappa shape index (κ1) is 15.0. The number of aliphatic hydroxyl groups excluding tert-OH is 2. The van der Waals surface area contributed by atoms with E-state index in [0.29, 0.717) is 31.0 Å². The van der Waals surface area contributed by atoms with Crippen molar-refractivity contribution in [3.8, 4) is 5.75 Å². The topological polar surface area (TPSA) is 85.9 Å². The Bertz CT molecular complexity index is 523. The Morgan fingerprint density at radius 2 is 2.10 bits per heavy atom. The van der Waals surface area contributed by atoms with Crippen LogP contribution < -0.4 is 5.43 Å². The van der Waals surface area contributed by atoms with Gasteiger partial charge in [0.2, 0.25) is 5.43 Å². The maximum absolute atomic E-state index is 11.8. The summed E-state index contributed by atoms with van der Waals surface area (Å²) in [5.41, 5.74) is 0.630. The highest BCUT2D eigenvalue weighted by Crippen LogP contribution is 2.38. The molecule has 1 aliphatic carbocycles. The minimum atomic E-state index is -0.457. The molecule has 1 aromatic heterocycles. The lowest BCUT2D eigenvalue weighted by Crippen LogP contribution is -2.29. The van der Waals surface area contributed by atoms with Crippen LogP contribution in [0, 0.1) is 0 Å². The summed E-state index contributed by atoms with van der Waals surface area (Å²) in [5.74, 6) is -0.245. The van der Waals surface area contributed by atoms with Gasteiger partial charge in [0, 0.05) is 30.9 Å². The third kappa shape index (κ3) is 3.03. The molecule has 0 saturated heterocycles. The molecule has 1 saturated carbocycles. The highest BCUT2D eigenvalue weighted by Gasteiger charge is 2.29. The molecule has 6 nitrogen and oxygen atoms in total. The van der Waals surface area contributed by atoms with E-state index < -0.39 is 5.43 Å². The summed E-state index contributed by atoms with van der Waals surface area (Å²) in [7, 11) is 0. The third-order valence-electron chi connectivity index (χ3n) is 3.72. The van der Waals surface area contributed by atoms with Crippen LogP contribution in [0.2, 0.25) is 0 Å². The Morgan fingerprint density at radius 1 is 1.40 bits per heavy atom. The number of nitrogens with zero attached hydrogens (tertiary/aromatic N) is 2. The van der Waals surface area contributed by atoms with Gasteiger partial charge in [-0.05, 0) is 19.4 Å². The van der Waals surface area contributed by atoms with Crippen LogP contribution >= 0.6 is 0 Å². The molecule has 0 aromatic carbocycles. The summed E-state index contributed by atoms with van der Waals surface area (Å²) in [5, 5.41) is 28.6. The lowest BCUT2D eigenvalue weighted by Gasteiger charge is -2.24. The van der Waals surface area contributed by atoms with E-state index in [1.807, 2.05) is 16.4 Å². The van der Waals surface area contributed by atoms with E-state index in [4.69, 9.17) is 5.11 Å². The van der Waals surface area contributed by atoms with Crippen molar-refractivity contribution < 1.29 is 15.3 Å². The Labute approximate surface area is 117 Å². The van der Waals surface area contributed by atoms with Crippen molar-refractivity contribution in [2.75, 3.05) is 19.7 Å². The van der Waals surface area contributed by atoms with Gasteiger partial charge in [0.1, 0.15) is 0 Å². The van der Waals surface area contributed by atoms with Gasteiger partial charge >= 0.3 is 0 Å². The maximum Gasteiger partial charge on any atom is 0.223 e. The van der Waals surface area contributed by atoms with Gasteiger partial charge in [0.15, 0.2) is 5.75 Å². The van der Waals surface area contributed by atoms with Crippen LogP contribution in [0.4, 0.5) is 0 Å². The Balaban J connectivity index is 2.43. The minimum Gasteiger partial charge on any atom is -0.503 e. The molecule has 0 atom stereocenters. The van der Waals surface area contributed by atoms with Crippen molar-refractivity contribution in [2.24, 2.45) is 0 Å². The number of aromatic nitrogens is 1. The quantitative estimate of drug-likeness (QED) is 0.665. The van der Waals surface area contributed by atoms with E-state index in [9.17, 15) is 15.0 Å². The molecule has 20 heavy (non-hydrogen) atoms. The molecule has 1 aromatic rings. The Kier molecular flexibility index (Phi) is 4.80. The molecule has 6 heteroatoms. The monoisotopic (exact) mass is 282 g/mol. The lowest BCUT2D eigenvalue weighted by molar-refractivity contribution is 0.190. The number of hydrogen-bond acceptors (Lipinski definition) is 5. The fraction of sp³-hybridized carbons (Fsp3) is 0.643. The molecule has 0 radical (unpaired) electrons. The molecular weight excluding hydrogens is 260 g/mol. The number of aliphatic hydroxyl groups is 2. The van der Waals surface area contributed by atoms with Gasteiger partial charge in [0.25, 0.3) is 0 Å². The highest BCUT2D eigenvalue weighted by atomic mass is 16.3. The zero-order chi connectivity index (χ0) is 14.7. The smallest absolute Gasteiger partial charge is 0.223 e. The first-order valence-corrected chi connectivity index (χ1v) is 7.02. The summed E-state index contributed by atoms with van der Waals surface area (Å²) < 4.78 is 1.89. The van der Waals surface area contributed by atoms with Gasteiger partial charge in [-0.2, -0.15) is 0 Å². The predicted molar refractivity (Wildman–Crippen MR) is 74.6 cm³/mol. The Morgan fingerprint density at radius 3 is 2.60 bits per heavy atom. The molecule has 0 bridgehead atoms. The molecule has 0 amide bonds. The molecule has 112 valence electrons. The standard InChI is InChI=1S/C14H22N2O4/c1-2-15(5-6-17)8-12-14(20)13(19)7-11(9-18)16(12)10-3-4-10/h7,10,17-18,20H,2-6,8-9H2,1H3. The number of rotatable bonds is 7. The lowest BCUT2D eigenvalue weighted by atomic mass is 10.2. The molecule has 2 rings (SSSR count). The zero-order valence-electron chi connectivity index (χ0n) is 11.7. The van der Waals surface area contributed by atoms with Crippen molar-refractivity contribution >= 4 is 0 Å². The Hall–Kier alpha value is -1.37. The molecule has 0 aliphatic heterocycles. The first-order chi connectivity index (χ1) is 9.62. The predicted octanol–water partition coefficient (Wildman–Crippen LogP) is 0.195. The van der Waals surface area contributed by atoms with E-state index in [1.165, 1.54) is 6.07 Å². The van der Waals surface area contributed by atoms with E-state index in [-0.39, 0.29) is 25.0 Å². The van der Waals surface area contributed by atoms with Crippen LogP contribution in [-0.4, -0.2) is 44.5 Å². The number of hydrogen-bond donors (Lipinski definition) is 3. The second-order valence-electron chi connectivity index (χ2n) is 5.15. The van der Waals surface area contributed by atoms with Crippen molar-refractivity contribution in [2.45, 2.75) is 39.0 Å². The zero-order valence-corrected chi connectivity index (χ0v) is 11.7. The van der Waals surface area contributed by atoms with E-state index in [2.05, 4.69) is 0 Å². The van der Waals surface area contributed by atoms with Crippen molar-refractivity contribution in [3.63, 3.8) is 0 Å². The van der Waals surface area contributed by atoms with Crippen LogP contribution in [0.25, 0.3) is 0 Å². The summed E-state index contributed by atoms with van der Waals surface area (Å²) >= 11 is 0. The SMILES string of the molecule is CCN(CCO)Cc1c(O)c(=O)cc(CO)n1C1CC1. The van der Waals surface area contributed by atoms with Gasteiger partial charge in [-0.25, -0.2) is 0 Å². The van der Waals surface area contributed by atoms with Gasteiger partial charge in [-0.15, -0.1) is 0 Å². The van der Waals surface area contributed by atoms with Crippen LogP contribution in [0.15, 0.2) is 10.9 Å². The van der Waals surface area contributed by atoms with Gasteiger partial charge in [0.05, 0.1) is 18.9 Å². The molecule has 1 aliphatic rings. The second kappa shape index (κ2) is 6.39. The molecule has 3 N–H and O–H groups in total. The normalized spacial score (nSPS) is 15.0. The first-order valence-electron chi connectivity index (χ1n) is 7.02. The number of aromatic hydroxyl groups is 1. The molecule has 0 unspecified atom stereocenters. The highest BCUT2D eigenvalue weighted by molar-refractivity contribution is 5.31. The van der Waals surface area contributed by atoms with Crippen molar-refractivity contribution in [1.29, 1.82) is 0 Å². The average molecular weight is 282 g/mol. The van der Waals surface area contributed by atoms with Crippen molar-refractivity contribution in [3.05, 3.63) is 27.7 Å². The molecule has 1 heterocycles. The van der Waals surface area contributed by atoms with E-state index in [1.54, 1.807) is 0 Å². The number of pyridine rings is 1. The largest absolute Gasteiger partial charge is 0.503 e. The van der Waals surface area contributed by atoms with Crippen LogP contribution in [0.5, 0.6) is 5.75 Å². The fourth-order valence-corrected chi connectivity index (χ4v) is 2.48. The van der Waals surface area contributed by atoms with Crippen LogP contribution in [-0.2, 0) is 13.2 Å². The fourth-order valence-electron chi connectivity index (χ4n) is 2.48. The number of likely N-dealkylation sites (N-methyl/N-ethyl adjacent to an activating group) is 1. The van der Waals surface area contributed by atoms with Crippen LogP contribution in [0.3, 0.4) is 0 Å². The van der Waals surface area contributed by atoms with Gasteiger partial charge in [-0.3, -0.25) is 9.69 Å².